The van der Waals surface area contributed by atoms with Gasteiger partial charge in [0.1, 0.15) is 23.7 Å². The van der Waals surface area contributed by atoms with E-state index in [9.17, 15) is 27.9 Å². The zero-order valence-corrected chi connectivity index (χ0v) is 18.4. The van der Waals surface area contributed by atoms with Gasteiger partial charge in [-0.2, -0.15) is 13.2 Å². The first-order valence-electron chi connectivity index (χ1n) is 10.2. The quantitative estimate of drug-likeness (QED) is 0.509. The highest BCUT2D eigenvalue weighted by Crippen LogP contribution is 2.24. The molecule has 0 aliphatic rings. The highest BCUT2D eigenvalue weighted by atomic mass is 19.4. The molecule has 0 spiro atoms. The summed E-state index contributed by atoms with van der Waals surface area (Å²) in [5, 5.41) is 12.3. The topological polar surface area (TPSA) is 89.8 Å². The molecular weight excluding hydrogens is 453 g/mol. The number of hydrogen-bond acceptors (Lipinski definition) is 5. The summed E-state index contributed by atoms with van der Waals surface area (Å²) in [7, 11) is 0. The number of alkyl halides is 3. The summed E-state index contributed by atoms with van der Waals surface area (Å²) in [5.74, 6) is -0.364. The van der Waals surface area contributed by atoms with Crippen molar-refractivity contribution in [3.05, 3.63) is 82.8 Å². The summed E-state index contributed by atoms with van der Waals surface area (Å²) < 4.78 is 49.1. The Labute approximate surface area is 193 Å². The van der Waals surface area contributed by atoms with E-state index in [0.29, 0.717) is 11.4 Å². The van der Waals surface area contributed by atoms with Gasteiger partial charge in [0.25, 0.3) is 11.5 Å². The van der Waals surface area contributed by atoms with E-state index in [1.807, 2.05) is 0 Å². The van der Waals surface area contributed by atoms with Crippen LogP contribution in [0.2, 0.25) is 0 Å². The lowest BCUT2D eigenvalue weighted by Crippen LogP contribution is -2.28. The van der Waals surface area contributed by atoms with Crippen molar-refractivity contribution in [2.24, 2.45) is 0 Å². The van der Waals surface area contributed by atoms with Crippen LogP contribution in [0, 0.1) is 0 Å². The molecule has 0 bridgehead atoms. The molecule has 0 fully saturated rings. The Morgan fingerprint density at radius 3 is 2.29 bits per heavy atom. The van der Waals surface area contributed by atoms with Crippen LogP contribution < -0.4 is 20.3 Å². The maximum absolute atomic E-state index is 13.0. The van der Waals surface area contributed by atoms with E-state index >= 15 is 0 Å². The molecule has 1 heterocycles. The lowest BCUT2D eigenvalue weighted by Gasteiger charge is -2.17. The van der Waals surface area contributed by atoms with Crippen LogP contribution in [0.3, 0.4) is 0 Å². The second-order valence-electron chi connectivity index (χ2n) is 8.05. The van der Waals surface area contributed by atoms with E-state index in [1.54, 1.807) is 38.1 Å². The van der Waals surface area contributed by atoms with Crippen molar-refractivity contribution in [1.29, 1.82) is 0 Å². The molecule has 0 atom stereocenters. The Kier molecular flexibility index (Phi) is 7.31. The zero-order valence-electron chi connectivity index (χ0n) is 18.4. The number of anilines is 1. The fourth-order valence-corrected chi connectivity index (χ4v) is 2.89. The Balaban J connectivity index is 1.79. The lowest BCUT2D eigenvalue weighted by molar-refractivity contribution is -0.153. The number of aromatic nitrogens is 1. The van der Waals surface area contributed by atoms with Crippen LogP contribution in [0.5, 0.6) is 11.5 Å². The van der Waals surface area contributed by atoms with Crippen molar-refractivity contribution < 1.29 is 32.5 Å². The van der Waals surface area contributed by atoms with Gasteiger partial charge in [-0.15, -0.1) is 0 Å². The average Bonchev–Trinajstić information content (AvgIpc) is 2.76. The molecule has 7 nitrogen and oxygen atoms in total. The molecule has 34 heavy (non-hydrogen) atoms. The normalized spacial score (nSPS) is 11.7. The third-order valence-electron chi connectivity index (χ3n) is 4.41. The van der Waals surface area contributed by atoms with Gasteiger partial charge in [-0.3, -0.25) is 14.2 Å². The number of halogens is 3. The summed E-state index contributed by atoms with van der Waals surface area (Å²) in [6.07, 6.45) is -3.21. The SMILES string of the molecule is CC(C)(O)COc1ccc(NC(=O)c2cccn(-c3ccccc3OCC(F)(F)F)c2=O)cc1. The highest BCUT2D eigenvalue weighted by Gasteiger charge is 2.29. The molecule has 0 radical (unpaired) electrons. The van der Waals surface area contributed by atoms with Gasteiger partial charge in [0.05, 0.1) is 11.3 Å². The van der Waals surface area contributed by atoms with Gasteiger partial charge >= 0.3 is 6.18 Å². The molecule has 3 aromatic rings. The first kappa shape index (κ1) is 24.8. The zero-order chi connectivity index (χ0) is 24.9. The summed E-state index contributed by atoms with van der Waals surface area (Å²) in [6, 6.07) is 14.8. The van der Waals surface area contributed by atoms with E-state index in [0.717, 1.165) is 4.57 Å². The molecule has 3 rings (SSSR count). The van der Waals surface area contributed by atoms with Gasteiger partial charge in [0, 0.05) is 11.9 Å². The van der Waals surface area contributed by atoms with Gasteiger partial charge < -0.3 is 19.9 Å². The molecular formula is C24H23F3N2O5. The predicted molar refractivity (Wildman–Crippen MR) is 120 cm³/mol. The molecule has 10 heteroatoms. The van der Waals surface area contributed by atoms with Crippen molar-refractivity contribution in [3.8, 4) is 17.2 Å². The number of carbonyl (C=O) groups is 1. The Morgan fingerprint density at radius 1 is 0.971 bits per heavy atom. The lowest BCUT2D eigenvalue weighted by atomic mass is 10.2. The van der Waals surface area contributed by atoms with Crippen molar-refractivity contribution >= 4 is 11.6 Å². The molecule has 2 aromatic carbocycles. The number of carbonyl (C=O) groups excluding carboxylic acids is 1. The summed E-state index contributed by atoms with van der Waals surface area (Å²) in [4.78, 5) is 25.7. The maximum atomic E-state index is 13.0. The second-order valence-corrected chi connectivity index (χ2v) is 8.05. The summed E-state index contributed by atoms with van der Waals surface area (Å²) >= 11 is 0. The molecule has 2 N–H and O–H groups in total. The van der Waals surface area contributed by atoms with Crippen molar-refractivity contribution in [2.45, 2.75) is 25.6 Å². The van der Waals surface area contributed by atoms with E-state index in [1.165, 1.54) is 42.6 Å². The van der Waals surface area contributed by atoms with Crippen LogP contribution in [0.15, 0.2) is 71.7 Å². The molecule has 0 saturated carbocycles. The fourth-order valence-electron chi connectivity index (χ4n) is 2.89. The predicted octanol–water partition coefficient (Wildman–Crippen LogP) is 4.18. The number of aliphatic hydroxyl groups is 1. The fraction of sp³-hybridized carbons (Fsp3) is 0.250. The number of rotatable bonds is 8. The van der Waals surface area contributed by atoms with E-state index < -0.39 is 29.9 Å². The van der Waals surface area contributed by atoms with Gasteiger partial charge in [-0.1, -0.05) is 12.1 Å². The molecule has 0 saturated heterocycles. The minimum Gasteiger partial charge on any atom is -0.491 e. The third-order valence-corrected chi connectivity index (χ3v) is 4.41. The van der Waals surface area contributed by atoms with Gasteiger partial charge in [-0.25, -0.2) is 0 Å². The van der Waals surface area contributed by atoms with Crippen molar-refractivity contribution in [3.63, 3.8) is 0 Å². The van der Waals surface area contributed by atoms with Gasteiger partial charge in [-0.05, 0) is 62.4 Å². The van der Waals surface area contributed by atoms with Crippen LogP contribution in [-0.2, 0) is 0 Å². The molecule has 0 unspecified atom stereocenters. The number of nitrogens with one attached hydrogen (secondary N) is 1. The molecule has 1 aromatic heterocycles. The van der Waals surface area contributed by atoms with Crippen LogP contribution >= 0.6 is 0 Å². The monoisotopic (exact) mass is 476 g/mol. The first-order valence-corrected chi connectivity index (χ1v) is 10.2. The van der Waals surface area contributed by atoms with E-state index in [-0.39, 0.29) is 23.6 Å². The Hall–Kier alpha value is -3.79. The van der Waals surface area contributed by atoms with E-state index in [2.05, 4.69) is 5.32 Å². The minimum atomic E-state index is -4.55. The number of benzene rings is 2. The van der Waals surface area contributed by atoms with Crippen LogP contribution in [0.25, 0.3) is 5.69 Å². The standard InChI is InChI=1S/C24H23F3N2O5/c1-23(2,32)14-33-17-11-9-16(10-12-17)28-21(30)18-6-5-13-29(22(18)31)19-7-3-4-8-20(19)34-15-24(25,26)27/h3-13,32H,14-15H2,1-2H3,(H,28,30). The summed E-state index contributed by atoms with van der Waals surface area (Å²) in [6.45, 7) is 1.77. The number of amides is 1. The van der Waals surface area contributed by atoms with Gasteiger partial charge in [0.15, 0.2) is 6.61 Å². The maximum Gasteiger partial charge on any atom is 0.422 e. The third kappa shape index (κ3) is 6.85. The highest BCUT2D eigenvalue weighted by molar-refractivity contribution is 6.04. The van der Waals surface area contributed by atoms with E-state index in [4.69, 9.17) is 9.47 Å². The second kappa shape index (κ2) is 10.0. The molecule has 0 aliphatic heterocycles. The molecule has 0 aliphatic carbocycles. The number of pyridine rings is 1. The first-order chi connectivity index (χ1) is 15.9. The van der Waals surface area contributed by atoms with Crippen molar-refractivity contribution in [2.75, 3.05) is 18.5 Å². The van der Waals surface area contributed by atoms with Gasteiger partial charge in [0.2, 0.25) is 0 Å². The Morgan fingerprint density at radius 2 is 1.65 bits per heavy atom. The van der Waals surface area contributed by atoms with Crippen LogP contribution in [0.4, 0.5) is 18.9 Å². The smallest absolute Gasteiger partial charge is 0.422 e. The molecule has 180 valence electrons. The molecule has 1 amide bonds. The number of hydrogen-bond donors (Lipinski definition) is 2. The minimum absolute atomic E-state index is 0.0692. The average molecular weight is 476 g/mol. The number of ether oxygens (including phenoxy) is 2. The summed E-state index contributed by atoms with van der Waals surface area (Å²) in [5.41, 5.74) is -1.48. The Bertz CT molecular complexity index is 1200. The van der Waals surface area contributed by atoms with Crippen molar-refractivity contribution in [1.82, 2.24) is 4.57 Å². The largest absolute Gasteiger partial charge is 0.491 e. The number of nitrogens with zero attached hydrogens (tertiary/aromatic N) is 1. The van der Waals surface area contributed by atoms with Crippen LogP contribution in [-0.4, -0.2) is 40.6 Å². The van der Waals surface area contributed by atoms with Crippen LogP contribution in [0.1, 0.15) is 24.2 Å². The number of para-hydroxylation sites is 2.